The highest BCUT2D eigenvalue weighted by atomic mass is 35.5. The molecule has 0 saturated carbocycles. The second kappa shape index (κ2) is 5.07. The number of ether oxygens (including phenoxy) is 2. The van der Waals surface area contributed by atoms with E-state index in [2.05, 4.69) is 9.47 Å². The third-order valence-electron chi connectivity index (χ3n) is 1.40. The first-order chi connectivity index (χ1) is 7.40. The van der Waals surface area contributed by atoms with E-state index in [1.165, 1.54) is 12.1 Å². The summed E-state index contributed by atoms with van der Waals surface area (Å²) in [5.41, 5.74) is 0. The van der Waals surface area contributed by atoms with Gasteiger partial charge in [0, 0.05) is 0 Å². The zero-order valence-corrected chi connectivity index (χ0v) is 8.51. The van der Waals surface area contributed by atoms with E-state index >= 15 is 0 Å². The van der Waals surface area contributed by atoms with Crippen LogP contribution in [0.15, 0.2) is 24.3 Å². The fraction of sp³-hybridized carbons (Fsp3) is 0.222. The molecular formula is C9H6ClF3O3. The first-order valence-electron chi connectivity index (χ1n) is 4.03. The Morgan fingerprint density at radius 1 is 1.19 bits per heavy atom. The molecule has 0 radical (unpaired) electrons. The van der Waals surface area contributed by atoms with E-state index in [9.17, 15) is 18.0 Å². The first-order valence-corrected chi connectivity index (χ1v) is 4.56. The van der Waals surface area contributed by atoms with Gasteiger partial charge in [-0.3, -0.25) is 4.79 Å². The molecule has 88 valence electrons. The summed E-state index contributed by atoms with van der Waals surface area (Å²) in [4.78, 5) is 10.7. The van der Waals surface area contributed by atoms with Crippen molar-refractivity contribution in [3.05, 3.63) is 24.3 Å². The number of hydrogen-bond acceptors (Lipinski definition) is 3. The van der Waals surface area contributed by atoms with E-state index in [0.29, 0.717) is 0 Å². The molecule has 0 N–H and O–H groups in total. The molecule has 0 spiro atoms. The van der Waals surface area contributed by atoms with Crippen LogP contribution >= 0.6 is 11.6 Å². The average Bonchev–Trinajstić information content (AvgIpc) is 2.18. The lowest BCUT2D eigenvalue weighted by atomic mass is 10.3. The van der Waals surface area contributed by atoms with E-state index in [0.717, 1.165) is 12.1 Å². The minimum Gasteiger partial charge on any atom is -0.426 e. The quantitative estimate of drug-likeness (QED) is 0.473. The molecule has 3 nitrogen and oxygen atoms in total. The molecule has 0 amide bonds. The van der Waals surface area contributed by atoms with Crippen molar-refractivity contribution in [2.75, 3.05) is 5.88 Å². The number of carbonyl (C=O) groups is 1. The molecule has 0 saturated heterocycles. The maximum atomic E-state index is 11.8. The molecule has 0 atom stereocenters. The van der Waals surface area contributed by atoms with Gasteiger partial charge in [0.05, 0.1) is 0 Å². The molecule has 0 heterocycles. The number of hydrogen-bond donors (Lipinski definition) is 0. The Kier molecular flexibility index (Phi) is 4.00. The van der Waals surface area contributed by atoms with Gasteiger partial charge in [-0.1, -0.05) is 0 Å². The van der Waals surface area contributed by atoms with Gasteiger partial charge in [0.2, 0.25) is 0 Å². The van der Waals surface area contributed by atoms with Gasteiger partial charge >= 0.3 is 12.3 Å². The van der Waals surface area contributed by atoms with E-state index in [1.54, 1.807) is 0 Å². The normalized spacial score (nSPS) is 11.0. The molecule has 16 heavy (non-hydrogen) atoms. The highest BCUT2D eigenvalue weighted by Gasteiger charge is 2.30. The SMILES string of the molecule is O=C(CCl)Oc1ccc(OC(F)(F)F)cc1. The van der Waals surface area contributed by atoms with Crippen molar-refractivity contribution < 1.29 is 27.4 Å². The van der Waals surface area contributed by atoms with E-state index in [4.69, 9.17) is 11.6 Å². The van der Waals surface area contributed by atoms with Crippen LogP contribution in [0.1, 0.15) is 0 Å². The molecule has 0 aromatic heterocycles. The van der Waals surface area contributed by atoms with Crippen LogP contribution < -0.4 is 9.47 Å². The van der Waals surface area contributed by atoms with Crippen molar-refractivity contribution in [1.29, 1.82) is 0 Å². The summed E-state index contributed by atoms with van der Waals surface area (Å²) < 4.78 is 43.6. The van der Waals surface area contributed by atoms with Gasteiger partial charge in [-0.25, -0.2) is 0 Å². The monoisotopic (exact) mass is 254 g/mol. The molecule has 1 aromatic rings. The highest BCUT2D eigenvalue weighted by Crippen LogP contribution is 2.24. The van der Waals surface area contributed by atoms with Crippen molar-refractivity contribution in [3.8, 4) is 11.5 Å². The van der Waals surface area contributed by atoms with Crippen molar-refractivity contribution in [2.24, 2.45) is 0 Å². The number of rotatable bonds is 3. The smallest absolute Gasteiger partial charge is 0.426 e. The lowest BCUT2D eigenvalue weighted by Gasteiger charge is -2.09. The molecule has 0 bridgehead atoms. The van der Waals surface area contributed by atoms with Gasteiger partial charge in [0.15, 0.2) is 0 Å². The van der Waals surface area contributed by atoms with E-state index in [1.807, 2.05) is 0 Å². The Morgan fingerprint density at radius 3 is 2.12 bits per heavy atom. The topological polar surface area (TPSA) is 35.5 Å². The van der Waals surface area contributed by atoms with Crippen molar-refractivity contribution in [2.45, 2.75) is 6.36 Å². The maximum Gasteiger partial charge on any atom is 0.573 e. The number of carbonyl (C=O) groups excluding carboxylic acids is 1. The van der Waals surface area contributed by atoms with Crippen LogP contribution in [-0.2, 0) is 4.79 Å². The summed E-state index contributed by atoms with van der Waals surface area (Å²) in [5.74, 6) is -1.31. The summed E-state index contributed by atoms with van der Waals surface area (Å²) in [6.45, 7) is 0. The maximum absolute atomic E-state index is 11.8. The fourth-order valence-electron chi connectivity index (χ4n) is 0.868. The lowest BCUT2D eigenvalue weighted by Crippen LogP contribution is -2.17. The lowest BCUT2D eigenvalue weighted by molar-refractivity contribution is -0.274. The second-order valence-electron chi connectivity index (χ2n) is 2.63. The van der Waals surface area contributed by atoms with Crippen molar-refractivity contribution in [1.82, 2.24) is 0 Å². The Bertz CT molecular complexity index is 361. The van der Waals surface area contributed by atoms with Crippen LogP contribution in [0.3, 0.4) is 0 Å². The molecule has 0 aliphatic rings. The van der Waals surface area contributed by atoms with Gasteiger partial charge in [0.1, 0.15) is 17.4 Å². The van der Waals surface area contributed by atoms with Crippen LogP contribution in [0.25, 0.3) is 0 Å². The number of benzene rings is 1. The van der Waals surface area contributed by atoms with Crippen LogP contribution in [0.2, 0.25) is 0 Å². The predicted molar refractivity (Wildman–Crippen MR) is 49.5 cm³/mol. The minimum absolute atomic E-state index is 0.0974. The summed E-state index contributed by atoms with van der Waals surface area (Å²) >= 11 is 5.17. The largest absolute Gasteiger partial charge is 0.573 e. The zero-order valence-electron chi connectivity index (χ0n) is 7.75. The molecule has 1 rings (SSSR count). The minimum atomic E-state index is -4.74. The van der Waals surface area contributed by atoms with Gasteiger partial charge in [-0.2, -0.15) is 0 Å². The van der Waals surface area contributed by atoms with Gasteiger partial charge < -0.3 is 9.47 Å². The Labute approximate surface area is 93.7 Å². The molecule has 1 aromatic carbocycles. The third-order valence-corrected chi connectivity index (χ3v) is 1.62. The van der Waals surface area contributed by atoms with Crippen molar-refractivity contribution >= 4 is 17.6 Å². The number of halogens is 4. The Morgan fingerprint density at radius 2 is 1.69 bits per heavy atom. The molecule has 0 aliphatic carbocycles. The summed E-state index contributed by atoms with van der Waals surface area (Å²) in [7, 11) is 0. The molecule has 0 aliphatic heterocycles. The zero-order chi connectivity index (χ0) is 12.2. The van der Waals surface area contributed by atoms with Gasteiger partial charge in [-0.05, 0) is 24.3 Å². The van der Waals surface area contributed by atoms with E-state index in [-0.39, 0.29) is 11.6 Å². The van der Waals surface area contributed by atoms with Gasteiger partial charge in [0.25, 0.3) is 0 Å². The first kappa shape index (κ1) is 12.6. The number of alkyl halides is 4. The van der Waals surface area contributed by atoms with Crippen molar-refractivity contribution in [3.63, 3.8) is 0 Å². The average molecular weight is 255 g/mol. The van der Waals surface area contributed by atoms with Crippen LogP contribution in [-0.4, -0.2) is 18.2 Å². The molecule has 7 heteroatoms. The van der Waals surface area contributed by atoms with Gasteiger partial charge in [-0.15, -0.1) is 24.8 Å². The summed E-state index contributed by atoms with van der Waals surface area (Å²) in [5, 5.41) is 0. The molecular weight excluding hydrogens is 249 g/mol. The van der Waals surface area contributed by atoms with Crippen LogP contribution in [0.4, 0.5) is 13.2 Å². The van der Waals surface area contributed by atoms with Crippen LogP contribution in [0, 0.1) is 0 Å². The Balaban J connectivity index is 2.64. The molecule has 0 unspecified atom stereocenters. The third kappa shape index (κ3) is 4.39. The summed E-state index contributed by atoms with van der Waals surface area (Å²) in [6.07, 6.45) is -4.74. The second-order valence-corrected chi connectivity index (χ2v) is 2.89. The standard InChI is InChI=1S/C9H6ClF3O3/c10-5-8(14)15-6-1-3-7(4-2-6)16-9(11,12)13/h1-4H,5H2. The highest BCUT2D eigenvalue weighted by molar-refractivity contribution is 6.26. The van der Waals surface area contributed by atoms with E-state index < -0.39 is 18.1 Å². The number of esters is 1. The van der Waals surface area contributed by atoms with Crippen LogP contribution in [0.5, 0.6) is 11.5 Å². The fourth-order valence-corrected chi connectivity index (χ4v) is 0.923. The predicted octanol–water partition coefficient (Wildman–Crippen LogP) is 2.73. The summed E-state index contributed by atoms with van der Waals surface area (Å²) in [6, 6.07) is 4.41. The molecule has 0 fully saturated rings. The Hall–Kier alpha value is -1.43.